The molecule has 0 aromatic heterocycles. The fourth-order valence-corrected chi connectivity index (χ4v) is 4.38. The number of hydrogen-bond donors (Lipinski definition) is 2. The van der Waals surface area contributed by atoms with Gasteiger partial charge in [0.2, 0.25) is 15.9 Å². The fourth-order valence-electron chi connectivity index (χ4n) is 3.05. The molecule has 0 fully saturated rings. The summed E-state index contributed by atoms with van der Waals surface area (Å²) in [5, 5.41) is 6.01. The molecule has 2 amide bonds. The summed E-state index contributed by atoms with van der Waals surface area (Å²) in [4.78, 5) is 25.7. The Bertz CT molecular complexity index is 1020. The molecule has 1 unspecified atom stereocenters. The number of halogens is 1. The van der Waals surface area contributed by atoms with Crippen molar-refractivity contribution in [3.63, 3.8) is 0 Å². The number of para-hydroxylation sites is 1. The third-order valence-electron chi connectivity index (χ3n) is 4.51. The van der Waals surface area contributed by atoms with E-state index >= 15 is 0 Å². The zero-order valence-corrected chi connectivity index (χ0v) is 19.6. The van der Waals surface area contributed by atoms with Crippen molar-refractivity contribution in [1.82, 2.24) is 5.32 Å². The first-order valence-corrected chi connectivity index (χ1v) is 12.2. The summed E-state index contributed by atoms with van der Waals surface area (Å²) in [6.07, 6.45) is 1.27. The van der Waals surface area contributed by atoms with Crippen LogP contribution in [0, 0.1) is 5.92 Å². The highest BCUT2D eigenvalue weighted by atomic mass is 35.5. The molecule has 2 N–H and O–H groups in total. The van der Waals surface area contributed by atoms with Crippen LogP contribution in [0.4, 0.5) is 11.4 Å². The maximum Gasteiger partial charge on any atom is 0.253 e. The lowest BCUT2D eigenvalue weighted by Crippen LogP contribution is -2.47. The number of carbonyl (C=O) groups is 2. The molecule has 1 atom stereocenters. The predicted octanol–water partition coefficient (Wildman–Crippen LogP) is 3.91. The summed E-state index contributed by atoms with van der Waals surface area (Å²) in [6.45, 7) is 6.18. The molecule has 168 valence electrons. The van der Waals surface area contributed by atoms with E-state index in [1.54, 1.807) is 55.5 Å². The number of sulfonamides is 1. The minimum atomic E-state index is -3.77. The molecule has 9 heteroatoms. The lowest BCUT2D eigenvalue weighted by atomic mass is 10.1. The van der Waals surface area contributed by atoms with Gasteiger partial charge in [0, 0.05) is 11.6 Å². The minimum absolute atomic E-state index is 0.225. The Labute approximate surface area is 188 Å². The monoisotopic (exact) mass is 465 g/mol. The van der Waals surface area contributed by atoms with E-state index in [-0.39, 0.29) is 18.2 Å². The van der Waals surface area contributed by atoms with Crippen molar-refractivity contribution in [3.8, 4) is 0 Å². The van der Waals surface area contributed by atoms with Gasteiger partial charge in [-0.2, -0.15) is 0 Å². The first-order valence-electron chi connectivity index (χ1n) is 9.97. The molecular weight excluding hydrogens is 438 g/mol. The standard InChI is InChI=1S/C22H28ClN3O4S/c1-5-20(26(31(4,29)30)17-12-10-16(23)11-13-17)22(28)25-19-9-7-6-8-18(19)21(27)24-14-15(2)3/h6-13,15,20H,5,14H2,1-4H3,(H,24,27)(H,25,28). The SMILES string of the molecule is CCC(C(=O)Nc1ccccc1C(=O)NCC(C)C)N(c1ccc(Cl)cc1)S(C)(=O)=O. The molecule has 2 aromatic rings. The average molecular weight is 466 g/mol. The highest BCUT2D eigenvalue weighted by Crippen LogP contribution is 2.25. The lowest BCUT2D eigenvalue weighted by Gasteiger charge is -2.30. The Morgan fingerprint density at radius 3 is 2.23 bits per heavy atom. The summed E-state index contributed by atoms with van der Waals surface area (Å²) in [7, 11) is -3.77. The molecule has 0 heterocycles. The van der Waals surface area contributed by atoms with Crippen LogP contribution in [0.2, 0.25) is 5.02 Å². The van der Waals surface area contributed by atoms with Crippen LogP contribution >= 0.6 is 11.6 Å². The molecule has 2 rings (SSSR count). The quantitative estimate of drug-likeness (QED) is 0.586. The minimum Gasteiger partial charge on any atom is -0.352 e. The second kappa shape index (κ2) is 10.6. The molecule has 0 bridgehead atoms. The van der Waals surface area contributed by atoms with Gasteiger partial charge in [0.1, 0.15) is 6.04 Å². The molecule has 31 heavy (non-hydrogen) atoms. The van der Waals surface area contributed by atoms with E-state index in [4.69, 9.17) is 11.6 Å². The normalized spacial score (nSPS) is 12.3. The van der Waals surface area contributed by atoms with Crippen molar-refractivity contribution < 1.29 is 18.0 Å². The van der Waals surface area contributed by atoms with Crippen molar-refractivity contribution in [1.29, 1.82) is 0 Å². The van der Waals surface area contributed by atoms with Gasteiger partial charge < -0.3 is 10.6 Å². The zero-order valence-electron chi connectivity index (χ0n) is 18.1. The second-order valence-corrected chi connectivity index (χ2v) is 9.89. The Hall–Kier alpha value is -2.58. The van der Waals surface area contributed by atoms with Gasteiger partial charge in [0.15, 0.2) is 0 Å². The second-order valence-electron chi connectivity index (χ2n) is 7.60. The number of anilines is 2. The van der Waals surface area contributed by atoms with Gasteiger partial charge in [-0.1, -0.05) is 44.5 Å². The molecule has 0 saturated carbocycles. The zero-order chi connectivity index (χ0) is 23.2. The predicted molar refractivity (Wildman–Crippen MR) is 125 cm³/mol. The van der Waals surface area contributed by atoms with Crippen LogP contribution in [-0.2, 0) is 14.8 Å². The number of nitrogens with one attached hydrogen (secondary N) is 2. The van der Waals surface area contributed by atoms with E-state index in [0.29, 0.717) is 28.5 Å². The molecular formula is C22H28ClN3O4S. The van der Waals surface area contributed by atoms with Gasteiger partial charge in [0.05, 0.1) is 23.2 Å². The third kappa shape index (κ3) is 6.70. The van der Waals surface area contributed by atoms with Gasteiger partial charge in [-0.3, -0.25) is 13.9 Å². The van der Waals surface area contributed by atoms with Crippen LogP contribution in [0.15, 0.2) is 48.5 Å². The molecule has 0 saturated heterocycles. The molecule has 0 aliphatic carbocycles. The summed E-state index contributed by atoms with van der Waals surface area (Å²) >= 11 is 5.92. The van der Waals surface area contributed by atoms with Crippen molar-refractivity contribution >= 4 is 44.8 Å². The van der Waals surface area contributed by atoms with Crippen LogP contribution in [0.25, 0.3) is 0 Å². The molecule has 0 aliphatic heterocycles. The first kappa shape index (κ1) is 24.7. The maximum absolute atomic E-state index is 13.1. The molecule has 7 nitrogen and oxygen atoms in total. The summed E-state index contributed by atoms with van der Waals surface area (Å²) in [6, 6.07) is 11.8. The summed E-state index contributed by atoms with van der Waals surface area (Å²) in [5.74, 6) is -0.569. The topological polar surface area (TPSA) is 95.6 Å². The van der Waals surface area contributed by atoms with Crippen molar-refractivity contribution in [3.05, 3.63) is 59.1 Å². The largest absolute Gasteiger partial charge is 0.352 e. The smallest absolute Gasteiger partial charge is 0.253 e. The van der Waals surface area contributed by atoms with Crippen molar-refractivity contribution in [2.24, 2.45) is 5.92 Å². The Morgan fingerprint density at radius 1 is 1.06 bits per heavy atom. The van der Waals surface area contributed by atoms with Crippen molar-refractivity contribution in [2.45, 2.75) is 33.2 Å². The Morgan fingerprint density at radius 2 is 1.68 bits per heavy atom. The number of amides is 2. The Kier molecular flexibility index (Phi) is 8.47. The van der Waals surface area contributed by atoms with Crippen LogP contribution < -0.4 is 14.9 Å². The number of carbonyl (C=O) groups excluding carboxylic acids is 2. The lowest BCUT2D eigenvalue weighted by molar-refractivity contribution is -0.117. The number of benzene rings is 2. The van der Waals surface area contributed by atoms with Gasteiger partial charge in [-0.25, -0.2) is 8.42 Å². The van der Waals surface area contributed by atoms with Crippen LogP contribution in [0.3, 0.4) is 0 Å². The number of hydrogen-bond acceptors (Lipinski definition) is 4. The molecule has 0 spiro atoms. The highest BCUT2D eigenvalue weighted by molar-refractivity contribution is 7.92. The molecule has 0 radical (unpaired) electrons. The van der Waals surface area contributed by atoms with Gasteiger partial charge in [-0.05, 0) is 48.7 Å². The van der Waals surface area contributed by atoms with Crippen LogP contribution in [0.1, 0.15) is 37.6 Å². The highest BCUT2D eigenvalue weighted by Gasteiger charge is 2.32. The average Bonchev–Trinajstić information content (AvgIpc) is 2.70. The number of nitrogens with zero attached hydrogens (tertiary/aromatic N) is 1. The van der Waals surface area contributed by atoms with E-state index in [1.165, 1.54) is 0 Å². The van der Waals surface area contributed by atoms with E-state index in [0.717, 1.165) is 10.6 Å². The van der Waals surface area contributed by atoms with E-state index in [1.807, 2.05) is 13.8 Å². The van der Waals surface area contributed by atoms with Crippen LogP contribution in [0.5, 0.6) is 0 Å². The first-order chi connectivity index (χ1) is 14.5. The van der Waals surface area contributed by atoms with Crippen molar-refractivity contribution in [2.75, 3.05) is 22.4 Å². The molecule has 0 aliphatic rings. The molecule has 2 aromatic carbocycles. The number of rotatable bonds is 9. The van der Waals surface area contributed by atoms with Gasteiger partial charge in [-0.15, -0.1) is 0 Å². The third-order valence-corrected chi connectivity index (χ3v) is 5.94. The van der Waals surface area contributed by atoms with E-state index < -0.39 is 22.0 Å². The van der Waals surface area contributed by atoms with Crippen LogP contribution in [-0.4, -0.2) is 39.1 Å². The van der Waals surface area contributed by atoms with E-state index in [2.05, 4.69) is 10.6 Å². The fraction of sp³-hybridized carbons (Fsp3) is 0.364. The van der Waals surface area contributed by atoms with Gasteiger partial charge in [0.25, 0.3) is 5.91 Å². The summed E-state index contributed by atoms with van der Waals surface area (Å²) < 4.78 is 26.2. The van der Waals surface area contributed by atoms with E-state index in [9.17, 15) is 18.0 Å². The Balaban J connectivity index is 2.34. The van der Waals surface area contributed by atoms with Gasteiger partial charge >= 0.3 is 0 Å². The summed E-state index contributed by atoms with van der Waals surface area (Å²) in [5.41, 5.74) is 0.956. The maximum atomic E-state index is 13.1.